The Hall–Kier alpha value is -1.92. The van der Waals surface area contributed by atoms with E-state index >= 15 is 0 Å². The molecule has 0 radical (unpaired) electrons. The van der Waals surface area contributed by atoms with Gasteiger partial charge in [0.05, 0.1) is 17.8 Å². The molecular weight excluding hydrogens is 362 g/mol. The molecule has 1 amide bonds. The van der Waals surface area contributed by atoms with E-state index in [0.29, 0.717) is 11.7 Å². The van der Waals surface area contributed by atoms with E-state index in [1.165, 1.54) is 0 Å². The summed E-state index contributed by atoms with van der Waals surface area (Å²) in [5.74, 6) is -0.161. The molecule has 1 aliphatic rings. The lowest BCUT2D eigenvalue weighted by Gasteiger charge is -2.31. The van der Waals surface area contributed by atoms with E-state index in [9.17, 15) is 4.79 Å². The van der Waals surface area contributed by atoms with Gasteiger partial charge >= 0.3 is 0 Å². The van der Waals surface area contributed by atoms with Gasteiger partial charge in [0.2, 0.25) is 0 Å². The summed E-state index contributed by atoms with van der Waals surface area (Å²) in [5.41, 5.74) is 2.25. The predicted molar refractivity (Wildman–Crippen MR) is 109 cm³/mol. The van der Waals surface area contributed by atoms with Crippen LogP contribution in [-0.2, 0) is 0 Å². The van der Waals surface area contributed by atoms with Crippen molar-refractivity contribution >= 4 is 18.3 Å². The summed E-state index contributed by atoms with van der Waals surface area (Å²) in [7, 11) is 0. The number of carbonyl (C=O) groups is 1. The lowest BCUT2D eigenvalue weighted by Crippen LogP contribution is -2.37. The summed E-state index contributed by atoms with van der Waals surface area (Å²) >= 11 is 0. The van der Waals surface area contributed by atoms with Gasteiger partial charge in [0, 0.05) is 0 Å². The highest BCUT2D eigenvalue weighted by Crippen LogP contribution is 2.33. The number of nitrogens with zero attached hydrogens (tertiary/aromatic N) is 3. The first kappa shape index (κ1) is 21.4. The molecule has 1 aromatic carbocycles. The minimum Gasteiger partial charge on any atom is -0.343 e. The van der Waals surface area contributed by atoms with E-state index in [1.807, 2.05) is 29.8 Å². The zero-order valence-electron chi connectivity index (χ0n) is 16.5. The molecular formula is C20H30ClN5O. The molecule has 0 saturated carbocycles. The highest BCUT2D eigenvalue weighted by Gasteiger charge is 2.30. The molecule has 1 aromatic heterocycles. The van der Waals surface area contributed by atoms with Gasteiger partial charge in [-0.25, -0.2) is 4.68 Å². The van der Waals surface area contributed by atoms with Gasteiger partial charge < -0.3 is 10.6 Å². The van der Waals surface area contributed by atoms with Crippen molar-refractivity contribution in [3.05, 3.63) is 47.3 Å². The van der Waals surface area contributed by atoms with Crippen LogP contribution in [0.15, 0.2) is 30.3 Å². The lowest BCUT2D eigenvalue weighted by molar-refractivity contribution is 0.0896. The summed E-state index contributed by atoms with van der Waals surface area (Å²) in [6.45, 7) is 10.3. The van der Waals surface area contributed by atoms with Gasteiger partial charge in [-0.1, -0.05) is 56.3 Å². The van der Waals surface area contributed by atoms with E-state index in [-0.39, 0.29) is 29.8 Å². The molecule has 2 heterocycles. The Balaban J connectivity index is 0.00000261. The predicted octanol–water partition coefficient (Wildman–Crippen LogP) is 3.45. The van der Waals surface area contributed by atoms with Crippen molar-refractivity contribution in [3.8, 4) is 0 Å². The van der Waals surface area contributed by atoms with Crippen molar-refractivity contribution in [2.45, 2.75) is 52.6 Å². The maximum absolute atomic E-state index is 13.0. The molecule has 1 unspecified atom stereocenters. The number of amides is 1. The Morgan fingerprint density at radius 2 is 1.85 bits per heavy atom. The van der Waals surface area contributed by atoms with Gasteiger partial charge in [-0.05, 0) is 43.8 Å². The SMILES string of the molecule is Cc1c(C(=O)NC(c2ccccc2)C(C)(C)C)nnn1C1CCNCC1.Cl. The van der Waals surface area contributed by atoms with Crippen LogP contribution in [0.25, 0.3) is 0 Å². The fourth-order valence-electron chi connectivity index (χ4n) is 3.59. The summed E-state index contributed by atoms with van der Waals surface area (Å²) < 4.78 is 1.92. The van der Waals surface area contributed by atoms with Crippen molar-refractivity contribution in [3.63, 3.8) is 0 Å². The fourth-order valence-corrected chi connectivity index (χ4v) is 3.59. The number of piperidine rings is 1. The van der Waals surface area contributed by atoms with Crippen molar-refractivity contribution in [2.24, 2.45) is 5.41 Å². The van der Waals surface area contributed by atoms with Gasteiger partial charge in [-0.15, -0.1) is 17.5 Å². The molecule has 1 aliphatic heterocycles. The summed E-state index contributed by atoms with van der Waals surface area (Å²) in [6, 6.07) is 10.3. The van der Waals surface area contributed by atoms with Crippen molar-refractivity contribution in [1.29, 1.82) is 0 Å². The van der Waals surface area contributed by atoms with Gasteiger partial charge in [-0.3, -0.25) is 4.79 Å². The molecule has 1 saturated heterocycles. The first-order valence-corrected chi connectivity index (χ1v) is 9.36. The highest BCUT2D eigenvalue weighted by atomic mass is 35.5. The minimum absolute atomic E-state index is 0. The lowest BCUT2D eigenvalue weighted by atomic mass is 9.82. The van der Waals surface area contributed by atoms with Crippen LogP contribution in [-0.4, -0.2) is 34.0 Å². The number of hydrogen-bond donors (Lipinski definition) is 2. The van der Waals surface area contributed by atoms with Crippen molar-refractivity contribution < 1.29 is 4.79 Å². The van der Waals surface area contributed by atoms with Crippen molar-refractivity contribution in [1.82, 2.24) is 25.6 Å². The first-order valence-electron chi connectivity index (χ1n) is 9.36. The third-order valence-electron chi connectivity index (χ3n) is 5.07. The monoisotopic (exact) mass is 391 g/mol. The molecule has 6 nitrogen and oxygen atoms in total. The molecule has 2 aromatic rings. The van der Waals surface area contributed by atoms with Crippen LogP contribution in [0.2, 0.25) is 0 Å². The van der Waals surface area contributed by atoms with Crippen LogP contribution in [0.4, 0.5) is 0 Å². The van der Waals surface area contributed by atoms with Crippen LogP contribution < -0.4 is 10.6 Å². The number of nitrogens with one attached hydrogen (secondary N) is 2. The fraction of sp³-hybridized carbons (Fsp3) is 0.550. The van der Waals surface area contributed by atoms with Gasteiger partial charge in [-0.2, -0.15) is 0 Å². The molecule has 0 spiro atoms. The van der Waals surface area contributed by atoms with E-state index in [2.05, 4.69) is 53.8 Å². The molecule has 3 rings (SSSR count). The summed E-state index contributed by atoms with van der Waals surface area (Å²) in [6.07, 6.45) is 2.03. The third-order valence-corrected chi connectivity index (χ3v) is 5.07. The number of halogens is 1. The topological polar surface area (TPSA) is 71.8 Å². The van der Waals surface area contributed by atoms with E-state index in [4.69, 9.17) is 0 Å². The maximum atomic E-state index is 13.0. The molecule has 1 atom stereocenters. The first-order chi connectivity index (χ1) is 12.4. The van der Waals surface area contributed by atoms with E-state index in [0.717, 1.165) is 37.2 Å². The Morgan fingerprint density at radius 3 is 2.44 bits per heavy atom. The number of carbonyl (C=O) groups excluding carboxylic acids is 1. The molecule has 148 valence electrons. The van der Waals surface area contributed by atoms with Crippen LogP contribution in [0.3, 0.4) is 0 Å². The molecule has 7 heteroatoms. The number of benzene rings is 1. The standard InChI is InChI=1S/C20H29N5O.ClH/c1-14-17(23-24-25(14)16-10-12-21-13-11-16)19(26)22-18(20(2,3)4)15-8-6-5-7-9-15;/h5-9,16,18,21H,10-13H2,1-4H3,(H,22,26);1H. The Morgan fingerprint density at radius 1 is 1.22 bits per heavy atom. The van der Waals surface area contributed by atoms with Gasteiger partial charge in [0.25, 0.3) is 5.91 Å². The Kier molecular flexibility index (Phi) is 7.00. The molecule has 0 bridgehead atoms. The molecule has 2 N–H and O–H groups in total. The molecule has 1 fully saturated rings. The summed E-state index contributed by atoms with van der Waals surface area (Å²) in [5, 5.41) is 15.0. The largest absolute Gasteiger partial charge is 0.343 e. The summed E-state index contributed by atoms with van der Waals surface area (Å²) in [4.78, 5) is 13.0. The number of aromatic nitrogens is 3. The average Bonchev–Trinajstić information content (AvgIpc) is 3.01. The van der Waals surface area contributed by atoms with E-state index < -0.39 is 0 Å². The smallest absolute Gasteiger partial charge is 0.274 e. The Bertz CT molecular complexity index is 747. The Labute approximate surface area is 167 Å². The van der Waals surface area contributed by atoms with Crippen LogP contribution in [0.5, 0.6) is 0 Å². The second-order valence-electron chi connectivity index (χ2n) is 8.13. The van der Waals surface area contributed by atoms with Crippen molar-refractivity contribution in [2.75, 3.05) is 13.1 Å². The minimum atomic E-state index is -0.161. The van der Waals surface area contributed by atoms with Crippen LogP contribution >= 0.6 is 12.4 Å². The van der Waals surface area contributed by atoms with Gasteiger partial charge in [0.1, 0.15) is 0 Å². The molecule has 0 aliphatic carbocycles. The number of hydrogen-bond acceptors (Lipinski definition) is 4. The zero-order valence-corrected chi connectivity index (χ0v) is 17.3. The third kappa shape index (κ3) is 4.87. The second kappa shape index (κ2) is 8.85. The normalized spacial score (nSPS) is 16.4. The van der Waals surface area contributed by atoms with Crippen LogP contribution in [0, 0.1) is 12.3 Å². The average molecular weight is 392 g/mol. The maximum Gasteiger partial charge on any atom is 0.274 e. The second-order valence-corrected chi connectivity index (χ2v) is 8.13. The number of rotatable bonds is 4. The molecule has 27 heavy (non-hydrogen) atoms. The van der Waals surface area contributed by atoms with Crippen LogP contribution in [0.1, 0.15) is 67.4 Å². The van der Waals surface area contributed by atoms with Gasteiger partial charge in [0.15, 0.2) is 5.69 Å². The zero-order chi connectivity index (χ0) is 18.7. The highest BCUT2D eigenvalue weighted by molar-refractivity contribution is 5.93. The quantitative estimate of drug-likeness (QED) is 0.837. The van der Waals surface area contributed by atoms with E-state index in [1.54, 1.807) is 0 Å².